The van der Waals surface area contributed by atoms with Gasteiger partial charge in [-0.1, -0.05) is 53.4 Å². The molecule has 0 spiro atoms. The predicted molar refractivity (Wildman–Crippen MR) is 116 cm³/mol. The lowest BCUT2D eigenvalue weighted by Gasteiger charge is -2.19. The molecular formula is C20H44O4P2. The third kappa shape index (κ3) is 13.5. The lowest BCUT2D eigenvalue weighted by Crippen LogP contribution is -2.11. The first-order valence-corrected chi connectivity index (χ1v) is 15.3. The second kappa shape index (κ2) is 16.3. The highest BCUT2D eigenvalue weighted by Gasteiger charge is 2.22. The van der Waals surface area contributed by atoms with Gasteiger partial charge in [-0.3, -0.25) is 0 Å². The molecule has 0 rings (SSSR count). The van der Waals surface area contributed by atoms with Crippen molar-refractivity contribution in [3.63, 3.8) is 0 Å². The van der Waals surface area contributed by atoms with Crippen molar-refractivity contribution in [2.24, 2.45) is 0 Å². The Labute approximate surface area is 162 Å². The zero-order valence-corrected chi connectivity index (χ0v) is 19.6. The van der Waals surface area contributed by atoms with Gasteiger partial charge in [-0.25, -0.2) is 0 Å². The molecule has 0 aromatic carbocycles. The summed E-state index contributed by atoms with van der Waals surface area (Å²) >= 11 is 0. The van der Waals surface area contributed by atoms with Gasteiger partial charge in [-0.2, -0.15) is 0 Å². The standard InChI is InChI=1S/C20H44O4P2/c1-5-9-15-25(21,16-10-6-2)19-23-13-14-24-20-26(22,17-11-7-3)18-12-8-4/h5-20H2,1-4H3. The molecule has 0 aromatic heterocycles. The average molecular weight is 411 g/mol. The maximum absolute atomic E-state index is 12.9. The van der Waals surface area contributed by atoms with E-state index in [-0.39, 0.29) is 0 Å². The number of hydrogen-bond donors (Lipinski definition) is 0. The van der Waals surface area contributed by atoms with Crippen molar-refractivity contribution in [3.8, 4) is 0 Å². The van der Waals surface area contributed by atoms with Gasteiger partial charge in [-0.15, -0.1) is 0 Å². The van der Waals surface area contributed by atoms with Gasteiger partial charge in [0.1, 0.15) is 14.3 Å². The average Bonchev–Trinajstić information content (AvgIpc) is 2.64. The minimum Gasteiger partial charge on any atom is -0.371 e. The smallest absolute Gasteiger partial charge is 0.112 e. The highest BCUT2D eigenvalue weighted by molar-refractivity contribution is 7.64. The number of ether oxygens (including phenoxy) is 2. The van der Waals surface area contributed by atoms with Crippen LogP contribution in [0.1, 0.15) is 79.1 Å². The van der Waals surface area contributed by atoms with Crippen LogP contribution < -0.4 is 0 Å². The molecule has 0 N–H and O–H groups in total. The third-order valence-electron chi connectivity index (χ3n) is 4.70. The summed E-state index contributed by atoms with van der Waals surface area (Å²) in [4.78, 5) is 0. The van der Waals surface area contributed by atoms with Crippen molar-refractivity contribution < 1.29 is 18.6 Å². The van der Waals surface area contributed by atoms with Crippen molar-refractivity contribution >= 4 is 14.3 Å². The van der Waals surface area contributed by atoms with Crippen LogP contribution in [-0.2, 0) is 18.6 Å². The van der Waals surface area contributed by atoms with E-state index in [1.54, 1.807) is 0 Å². The van der Waals surface area contributed by atoms with Crippen LogP contribution >= 0.6 is 14.3 Å². The van der Waals surface area contributed by atoms with Crippen LogP contribution in [-0.4, -0.2) is 50.6 Å². The van der Waals surface area contributed by atoms with E-state index >= 15 is 0 Å². The lowest BCUT2D eigenvalue weighted by atomic mass is 10.4. The zero-order valence-electron chi connectivity index (χ0n) is 17.8. The topological polar surface area (TPSA) is 52.6 Å². The first kappa shape index (κ1) is 26.4. The Balaban J connectivity index is 4.16. The summed E-state index contributed by atoms with van der Waals surface area (Å²) in [6.07, 6.45) is 12.3. The van der Waals surface area contributed by atoms with Crippen LogP contribution in [0.2, 0.25) is 0 Å². The van der Waals surface area contributed by atoms with Gasteiger partial charge in [0.2, 0.25) is 0 Å². The zero-order chi connectivity index (χ0) is 19.7. The van der Waals surface area contributed by atoms with E-state index in [1.807, 2.05) is 0 Å². The van der Waals surface area contributed by atoms with Gasteiger partial charge < -0.3 is 18.6 Å². The Hall–Kier alpha value is 0.380. The molecule has 158 valence electrons. The van der Waals surface area contributed by atoms with Crippen LogP contribution in [0.15, 0.2) is 0 Å². The molecular weight excluding hydrogens is 366 g/mol. The van der Waals surface area contributed by atoms with Gasteiger partial charge in [0.15, 0.2) is 0 Å². The molecule has 0 amide bonds. The first-order valence-electron chi connectivity index (χ1n) is 10.7. The Morgan fingerprint density at radius 3 is 1.04 bits per heavy atom. The maximum atomic E-state index is 12.9. The first-order chi connectivity index (χ1) is 12.4. The van der Waals surface area contributed by atoms with Crippen LogP contribution in [0.4, 0.5) is 0 Å². The van der Waals surface area contributed by atoms with E-state index in [4.69, 9.17) is 9.47 Å². The molecule has 0 atom stereocenters. The molecule has 0 bridgehead atoms. The summed E-state index contributed by atoms with van der Waals surface area (Å²) in [5.41, 5.74) is 0. The lowest BCUT2D eigenvalue weighted by molar-refractivity contribution is 0.0828. The van der Waals surface area contributed by atoms with Crippen molar-refractivity contribution in [1.82, 2.24) is 0 Å². The van der Waals surface area contributed by atoms with E-state index in [0.29, 0.717) is 25.9 Å². The van der Waals surface area contributed by atoms with Crippen molar-refractivity contribution in [2.75, 3.05) is 50.6 Å². The van der Waals surface area contributed by atoms with Crippen molar-refractivity contribution in [2.45, 2.75) is 79.1 Å². The largest absolute Gasteiger partial charge is 0.371 e. The summed E-state index contributed by atoms with van der Waals surface area (Å²) in [5.74, 6) is 0. The van der Waals surface area contributed by atoms with Gasteiger partial charge in [-0.05, 0) is 25.7 Å². The quantitative estimate of drug-likeness (QED) is 0.172. The van der Waals surface area contributed by atoms with Crippen molar-refractivity contribution in [1.29, 1.82) is 0 Å². The SMILES string of the molecule is CCCCP(=O)(CCCC)COCCOCP(=O)(CCCC)CCCC. The molecule has 26 heavy (non-hydrogen) atoms. The minimum absolute atomic E-state index is 0.375. The van der Waals surface area contributed by atoms with Gasteiger partial charge in [0, 0.05) is 24.6 Å². The van der Waals surface area contributed by atoms with E-state index in [9.17, 15) is 9.13 Å². The van der Waals surface area contributed by atoms with E-state index < -0.39 is 14.3 Å². The molecule has 0 saturated carbocycles. The summed E-state index contributed by atoms with van der Waals surface area (Å²) in [5, 5.41) is 0. The Kier molecular flexibility index (Phi) is 16.6. The summed E-state index contributed by atoms with van der Waals surface area (Å²) < 4.78 is 37.3. The summed E-state index contributed by atoms with van der Waals surface area (Å²) in [6, 6.07) is 0. The third-order valence-corrected chi connectivity index (χ3v) is 10.5. The van der Waals surface area contributed by atoms with Crippen LogP contribution in [0.25, 0.3) is 0 Å². The molecule has 0 heterocycles. The molecule has 0 aromatic rings. The van der Waals surface area contributed by atoms with E-state index in [0.717, 1.165) is 76.0 Å². The van der Waals surface area contributed by atoms with Crippen LogP contribution in [0.5, 0.6) is 0 Å². The Morgan fingerprint density at radius 2 is 0.808 bits per heavy atom. The highest BCUT2D eigenvalue weighted by Crippen LogP contribution is 2.48. The molecule has 0 fully saturated rings. The monoisotopic (exact) mass is 410 g/mol. The van der Waals surface area contributed by atoms with Crippen molar-refractivity contribution in [3.05, 3.63) is 0 Å². The van der Waals surface area contributed by atoms with E-state index in [2.05, 4.69) is 27.7 Å². The molecule has 0 aliphatic heterocycles. The Bertz CT molecular complexity index is 351. The fraction of sp³-hybridized carbons (Fsp3) is 1.00. The molecule has 0 aliphatic rings. The maximum Gasteiger partial charge on any atom is 0.112 e. The second-order valence-corrected chi connectivity index (χ2v) is 14.0. The molecule has 0 aliphatic carbocycles. The predicted octanol–water partition coefficient (Wildman–Crippen LogP) is 6.86. The van der Waals surface area contributed by atoms with E-state index in [1.165, 1.54) is 0 Å². The second-order valence-electron chi connectivity index (χ2n) is 7.50. The fourth-order valence-corrected chi connectivity index (χ4v) is 8.30. The molecule has 0 unspecified atom stereocenters. The summed E-state index contributed by atoms with van der Waals surface area (Å²) in [6.45, 7) is 9.43. The number of rotatable bonds is 19. The fourth-order valence-electron chi connectivity index (χ4n) is 2.85. The van der Waals surface area contributed by atoms with Crippen LogP contribution in [0, 0.1) is 0 Å². The molecule has 0 radical (unpaired) electrons. The Morgan fingerprint density at radius 1 is 0.538 bits per heavy atom. The normalized spacial score (nSPS) is 12.6. The van der Waals surface area contributed by atoms with Gasteiger partial charge in [0.25, 0.3) is 0 Å². The molecule has 4 nitrogen and oxygen atoms in total. The molecule has 6 heteroatoms. The number of hydrogen-bond acceptors (Lipinski definition) is 4. The number of unbranched alkanes of at least 4 members (excludes halogenated alkanes) is 4. The minimum atomic E-state index is -2.20. The van der Waals surface area contributed by atoms with Gasteiger partial charge >= 0.3 is 0 Å². The van der Waals surface area contributed by atoms with Gasteiger partial charge in [0.05, 0.1) is 25.9 Å². The molecule has 0 saturated heterocycles. The highest BCUT2D eigenvalue weighted by atomic mass is 31.2. The summed E-state index contributed by atoms with van der Waals surface area (Å²) in [7, 11) is -4.39. The van der Waals surface area contributed by atoms with Crippen LogP contribution in [0.3, 0.4) is 0 Å².